The summed E-state index contributed by atoms with van der Waals surface area (Å²) < 4.78 is 11.1. The lowest BCUT2D eigenvalue weighted by molar-refractivity contribution is 0.0258. The molecule has 0 saturated carbocycles. The number of rotatable bonds is 9. The number of nitrogens with zero attached hydrogens (tertiary/aromatic N) is 1. The molecule has 23 heavy (non-hydrogen) atoms. The van der Waals surface area contributed by atoms with Crippen molar-refractivity contribution in [3.63, 3.8) is 0 Å². The molecule has 5 heteroatoms. The van der Waals surface area contributed by atoms with Crippen LogP contribution in [0.1, 0.15) is 32.8 Å². The third-order valence-electron chi connectivity index (χ3n) is 3.71. The lowest BCUT2D eigenvalue weighted by Crippen LogP contribution is -2.39. The van der Waals surface area contributed by atoms with Gasteiger partial charge in [-0.1, -0.05) is 32.0 Å². The highest BCUT2D eigenvalue weighted by atomic mass is 16.5. The van der Waals surface area contributed by atoms with E-state index >= 15 is 0 Å². The molecular weight excluding hydrogens is 290 g/mol. The molecule has 1 rings (SSSR count). The topological polar surface area (TPSA) is 54.9 Å². The average molecular weight is 321 g/mol. The van der Waals surface area contributed by atoms with E-state index < -0.39 is 0 Å². The minimum absolute atomic E-state index is 0.278. The Kier molecular flexibility index (Phi) is 9.14. The Balaban J connectivity index is 2.43. The second kappa shape index (κ2) is 10.9. The Morgan fingerprint density at radius 1 is 1.22 bits per heavy atom. The monoisotopic (exact) mass is 321 g/mol. The Labute approximate surface area is 140 Å². The maximum Gasteiger partial charge on any atom is 0.191 e. The van der Waals surface area contributed by atoms with Gasteiger partial charge < -0.3 is 20.1 Å². The number of guanidine groups is 1. The summed E-state index contributed by atoms with van der Waals surface area (Å²) in [6.45, 7) is 8.67. The summed E-state index contributed by atoms with van der Waals surface area (Å²) in [5.74, 6) is 2.18. The molecule has 1 unspecified atom stereocenters. The van der Waals surface area contributed by atoms with E-state index in [1.807, 2.05) is 31.2 Å². The molecule has 130 valence electrons. The Bertz CT molecular complexity index is 475. The summed E-state index contributed by atoms with van der Waals surface area (Å²) in [6.07, 6.45) is 1.24. The van der Waals surface area contributed by atoms with Crippen molar-refractivity contribution < 1.29 is 9.47 Å². The van der Waals surface area contributed by atoms with Crippen LogP contribution in [0.5, 0.6) is 5.75 Å². The molecule has 0 spiro atoms. The highest BCUT2D eigenvalue weighted by molar-refractivity contribution is 5.79. The van der Waals surface area contributed by atoms with Gasteiger partial charge in [0.2, 0.25) is 0 Å². The van der Waals surface area contributed by atoms with Gasteiger partial charge in [0, 0.05) is 32.3 Å². The SMILES string of the molecule is CCOC(CCNC(=NC)NCc1ccccc1OC)C(C)C. The van der Waals surface area contributed by atoms with Crippen LogP contribution < -0.4 is 15.4 Å². The smallest absolute Gasteiger partial charge is 0.191 e. The number of nitrogens with one attached hydrogen (secondary N) is 2. The van der Waals surface area contributed by atoms with Crippen molar-refractivity contribution in [3.8, 4) is 5.75 Å². The van der Waals surface area contributed by atoms with E-state index in [9.17, 15) is 0 Å². The van der Waals surface area contributed by atoms with Gasteiger partial charge in [0.25, 0.3) is 0 Å². The second-order valence-electron chi connectivity index (χ2n) is 5.69. The normalized spacial score (nSPS) is 13.0. The summed E-state index contributed by atoms with van der Waals surface area (Å²) in [7, 11) is 3.46. The van der Waals surface area contributed by atoms with E-state index in [-0.39, 0.29) is 6.10 Å². The van der Waals surface area contributed by atoms with E-state index in [1.165, 1.54) is 0 Å². The Morgan fingerprint density at radius 2 is 1.96 bits per heavy atom. The molecule has 0 aliphatic heterocycles. The van der Waals surface area contributed by atoms with Crippen molar-refractivity contribution in [2.75, 3.05) is 27.3 Å². The van der Waals surface area contributed by atoms with Crippen molar-refractivity contribution in [1.29, 1.82) is 0 Å². The summed E-state index contributed by atoms with van der Waals surface area (Å²) in [5, 5.41) is 6.65. The van der Waals surface area contributed by atoms with Crippen LogP contribution in [0.15, 0.2) is 29.3 Å². The van der Waals surface area contributed by atoms with E-state index in [0.29, 0.717) is 12.5 Å². The number of aliphatic imine (C=N–C) groups is 1. The van der Waals surface area contributed by atoms with Crippen LogP contribution >= 0.6 is 0 Å². The third-order valence-corrected chi connectivity index (χ3v) is 3.71. The van der Waals surface area contributed by atoms with Gasteiger partial charge in [0.05, 0.1) is 13.2 Å². The molecule has 0 radical (unpaired) electrons. The first-order valence-corrected chi connectivity index (χ1v) is 8.30. The highest BCUT2D eigenvalue weighted by Gasteiger charge is 2.13. The predicted molar refractivity (Wildman–Crippen MR) is 96.1 cm³/mol. The van der Waals surface area contributed by atoms with Gasteiger partial charge in [0.1, 0.15) is 5.75 Å². The standard InChI is InChI=1S/C18H31N3O2/c1-6-23-16(14(2)3)11-12-20-18(19-4)21-13-15-9-7-8-10-17(15)22-5/h7-10,14,16H,6,11-13H2,1-5H3,(H2,19,20,21). The number of methoxy groups -OCH3 is 1. The van der Waals surface area contributed by atoms with Gasteiger partial charge in [-0.15, -0.1) is 0 Å². The number of ether oxygens (including phenoxy) is 2. The zero-order chi connectivity index (χ0) is 17.1. The molecule has 5 nitrogen and oxygen atoms in total. The van der Waals surface area contributed by atoms with E-state index in [1.54, 1.807) is 14.2 Å². The highest BCUT2D eigenvalue weighted by Crippen LogP contribution is 2.16. The largest absolute Gasteiger partial charge is 0.496 e. The molecule has 0 amide bonds. The lowest BCUT2D eigenvalue weighted by atomic mass is 10.0. The number of benzene rings is 1. The van der Waals surface area contributed by atoms with Gasteiger partial charge in [-0.25, -0.2) is 0 Å². The summed E-state index contributed by atoms with van der Waals surface area (Å²) in [4.78, 5) is 4.26. The van der Waals surface area contributed by atoms with Crippen LogP contribution in [-0.4, -0.2) is 39.4 Å². The lowest BCUT2D eigenvalue weighted by Gasteiger charge is -2.21. The quantitative estimate of drug-likeness (QED) is 0.542. The fourth-order valence-electron chi connectivity index (χ4n) is 2.40. The molecule has 0 heterocycles. The summed E-state index contributed by atoms with van der Waals surface area (Å²) in [6, 6.07) is 7.98. The Morgan fingerprint density at radius 3 is 2.57 bits per heavy atom. The van der Waals surface area contributed by atoms with Crippen LogP contribution in [0.3, 0.4) is 0 Å². The Hall–Kier alpha value is -1.75. The van der Waals surface area contributed by atoms with Gasteiger partial charge >= 0.3 is 0 Å². The van der Waals surface area contributed by atoms with E-state index in [0.717, 1.165) is 36.8 Å². The fraction of sp³-hybridized carbons (Fsp3) is 0.611. The van der Waals surface area contributed by atoms with Gasteiger partial charge in [-0.05, 0) is 25.3 Å². The molecule has 1 atom stereocenters. The first-order valence-electron chi connectivity index (χ1n) is 8.30. The molecule has 0 saturated heterocycles. The van der Waals surface area contributed by atoms with Gasteiger partial charge in [-0.2, -0.15) is 0 Å². The van der Waals surface area contributed by atoms with Gasteiger partial charge in [0.15, 0.2) is 5.96 Å². The molecule has 0 bridgehead atoms. The second-order valence-corrected chi connectivity index (χ2v) is 5.69. The fourth-order valence-corrected chi connectivity index (χ4v) is 2.40. The molecule has 0 aliphatic rings. The predicted octanol–water partition coefficient (Wildman–Crippen LogP) is 2.81. The molecule has 1 aromatic rings. The first-order chi connectivity index (χ1) is 11.1. The summed E-state index contributed by atoms with van der Waals surface area (Å²) in [5.41, 5.74) is 1.10. The minimum Gasteiger partial charge on any atom is -0.496 e. The van der Waals surface area contributed by atoms with Crippen LogP contribution in [0.4, 0.5) is 0 Å². The third kappa shape index (κ3) is 6.91. The first kappa shape index (κ1) is 19.3. The number of hydrogen-bond donors (Lipinski definition) is 2. The molecule has 0 aromatic heterocycles. The van der Waals surface area contributed by atoms with Crippen LogP contribution in [0.2, 0.25) is 0 Å². The molecule has 0 aliphatic carbocycles. The van der Waals surface area contributed by atoms with Crippen molar-refractivity contribution in [2.24, 2.45) is 10.9 Å². The molecule has 1 aromatic carbocycles. The van der Waals surface area contributed by atoms with Crippen LogP contribution in [-0.2, 0) is 11.3 Å². The molecule has 0 fully saturated rings. The van der Waals surface area contributed by atoms with E-state index in [2.05, 4.69) is 29.5 Å². The van der Waals surface area contributed by atoms with Crippen molar-refractivity contribution in [2.45, 2.75) is 39.8 Å². The zero-order valence-corrected chi connectivity index (χ0v) is 15.1. The van der Waals surface area contributed by atoms with E-state index in [4.69, 9.17) is 9.47 Å². The number of hydrogen-bond acceptors (Lipinski definition) is 3. The maximum atomic E-state index is 5.76. The van der Waals surface area contributed by atoms with Crippen LogP contribution in [0, 0.1) is 5.92 Å². The van der Waals surface area contributed by atoms with Gasteiger partial charge in [-0.3, -0.25) is 4.99 Å². The minimum atomic E-state index is 0.278. The van der Waals surface area contributed by atoms with Crippen LogP contribution in [0.25, 0.3) is 0 Å². The average Bonchev–Trinajstić information content (AvgIpc) is 2.57. The van der Waals surface area contributed by atoms with Crippen molar-refractivity contribution in [1.82, 2.24) is 10.6 Å². The number of para-hydroxylation sites is 1. The molecule has 2 N–H and O–H groups in total. The van der Waals surface area contributed by atoms with Crippen molar-refractivity contribution >= 4 is 5.96 Å². The maximum absolute atomic E-state index is 5.76. The summed E-state index contributed by atoms with van der Waals surface area (Å²) >= 11 is 0. The zero-order valence-electron chi connectivity index (χ0n) is 15.1. The van der Waals surface area contributed by atoms with Crippen molar-refractivity contribution in [3.05, 3.63) is 29.8 Å². The molecular formula is C18H31N3O2.